The van der Waals surface area contributed by atoms with Gasteiger partial charge >= 0.3 is 5.97 Å². The first-order chi connectivity index (χ1) is 9.69. The molecule has 0 amide bonds. The smallest absolute Gasteiger partial charge is 0.373 e. The summed E-state index contributed by atoms with van der Waals surface area (Å²) in [4.78, 5) is 17.9. The van der Waals surface area contributed by atoms with Crippen molar-refractivity contribution in [3.05, 3.63) is 28.0 Å². The Morgan fingerprint density at radius 3 is 3.10 bits per heavy atom. The molecule has 0 unspecified atom stereocenters. The molecular formula is C14H15NO3S2. The monoisotopic (exact) mass is 309 g/mol. The second-order valence-corrected chi connectivity index (χ2v) is 6.95. The number of aromatic carboxylic acids is 1. The number of carbonyl (C=O) groups is 1. The molecule has 1 aliphatic rings. The van der Waals surface area contributed by atoms with E-state index in [9.17, 15) is 9.90 Å². The van der Waals surface area contributed by atoms with Gasteiger partial charge in [0.1, 0.15) is 0 Å². The lowest BCUT2D eigenvalue weighted by atomic mass is 10.2. The average molecular weight is 309 g/mol. The minimum atomic E-state index is -1.04. The number of oxazole rings is 1. The molecule has 0 fully saturated rings. The number of thioether (sulfide) groups is 1. The number of hydrogen-bond donors (Lipinski definition) is 1. The topological polar surface area (TPSA) is 63.3 Å². The highest BCUT2D eigenvalue weighted by Crippen LogP contribution is 2.37. The third kappa shape index (κ3) is 2.50. The molecule has 20 heavy (non-hydrogen) atoms. The van der Waals surface area contributed by atoms with Gasteiger partial charge in [0.05, 0.1) is 10.6 Å². The lowest BCUT2D eigenvalue weighted by Gasteiger charge is -2.08. The van der Waals surface area contributed by atoms with Gasteiger partial charge in [-0.1, -0.05) is 13.3 Å². The van der Waals surface area contributed by atoms with Crippen molar-refractivity contribution in [1.29, 1.82) is 0 Å². The Bertz CT molecular complexity index is 621. The summed E-state index contributed by atoms with van der Waals surface area (Å²) in [5, 5.41) is 9.18. The molecule has 4 nitrogen and oxygen atoms in total. The fraction of sp³-hybridized carbons (Fsp3) is 0.429. The number of thiophene rings is 1. The van der Waals surface area contributed by atoms with E-state index in [1.807, 2.05) is 18.7 Å². The summed E-state index contributed by atoms with van der Waals surface area (Å²) >= 11 is 3.61. The normalized spacial score (nSPS) is 14.2. The second kappa shape index (κ2) is 5.61. The van der Waals surface area contributed by atoms with Crippen LogP contribution in [0.4, 0.5) is 0 Å². The molecule has 0 aromatic carbocycles. The molecule has 3 rings (SSSR count). The van der Waals surface area contributed by atoms with E-state index in [0.717, 1.165) is 29.2 Å². The van der Waals surface area contributed by atoms with Crippen molar-refractivity contribution in [2.24, 2.45) is 0 Å². The van der Waals surface area contributed by atoms with Crippen molar-refractivity contribution in [2.75, 3.05) is 5.75 Å². The summed E-state index contributed by atoms with van der Waals surface area (Å²) in [5.41, 5.74) is 1.89. The summed E-state index contributed by atoms with van der Waals surface area (Å²) in [6, 6.07) is 2.10. The van der Waals surface area contributed by atoms with Crippen LogP contribution in [0.3, 0.4) is 0 Å². The zero-order valence-corrected chi connectivity index (χ0v) is 12.8. The predicted octanol–water partition coefficient (Wildman–Crippen LogP) is 3.84. The van der Waals surface area contributed by atoms with Crippen LogP contribution in [0.25, 0.3) is 10.8 Å². The second-order valence-electron chi connectivity index (χ2n) is 4.71. The molecule has 0 bridgehead atoms. The molecule has 0 saturated carbocycles. The van der Waals surface area contributed by atoms with Crippen LogP contribution in [0, 0.1) is 0 Å². The van der Waals surface area contributed by atoms with Gasteiger partial charge in [-0.15, -0.1) is 11.3 Å². The van der Waals surface area contributed by atoms with Gasteiger partial charge in [0.2, 0.25) is 11.7 Å². The minimum Gasteiger partial charge on any atom is -0.475 e. The Morgan fingerprint density at radius 1 is 1.55 bits per heavy atom. The molecule has 0 saturated heterocycles. The molecule has 2 aromatic rings. The standard InChI is InChI=1S/C14H15NO3S2/c1-2-3-9-12(14(16)17)18-13(15-9)11-6-8-7-19-5-4-10(8)20-11/h6H,2-5,7H2,1H3,(H,16,17). The van der Waals surface area contributed by atoms with Gasteiger partial charge in [0.25, 0.3) is 0 Å². The van der Waals surface area contributed by atoms with E-state index in [-0.39, 0.29) is 5.76 Å². The van der Waals surface area contributed by atoms with E-state index in [0.29, 0.717) is 18.0 Å². The van der Waals surface area contributed by atoms with Crippen LogP contribution in [0.15, 0.2) is 10.5 Å². The average Bonchev–Trinajstić information content (AvgIpc) is 3.02. The van der Waals surface area contributed by atoms with Crippen LogP contribution >= 0.6 is 23.1 Å². The highest BCUT2D eigenvalue weighted by Gasteiger charge is 2.22. The molecule has 0 aliphatic carbocycles. The Kier molecular flexibility index (Phi) is 3.85. The fourth-order valence-electron chi connectivity index (χ4n) is 2.28. The number of hydrogen-bond acceptors (Lipinski definition) is 5. The van der Waals surface area contributed by atoms with Crippen molar-refractivity contribution in [3.63, 3.8) is 0 Å². The quantitative estimate of drug-likeness (QED) is 0.929. The maximum Gasteiger partial charge on any atom is 0.373 e. The van der Waals surface area contributed by atoms with Crippen molar-refractivity contribution in [2.45, 2.75) is 31.9 Å². The Balaban J connectivity index is 1.99. The van der Waals surface area contributed by atoms with Crippen LogP contribution in [0.5, 0.6) is 0 Å². The highest BCUT2D eigenvalue weighted by atomic mass is 32.2. The van der Waals surface area contributed by atoms with E-state index in [4.69, 9.17) is 4.42 Å². The lowest BCUT2D eigenvalue weighted by Crippen LogP contribution is -1.99. The van der Waals surface area contributed by atoms with Crippen molar-refractivity contribution in [3.8, 4) is 10.8 Å². The Hall–Kier alpha value is -1.27. The Morgan fingerprint density at radius 2 is 2.40 bits per heavy atom. The molecule has 1 aliphatic heterocycles. The number of aryl methyl sites for hydroxylation is 2. The van der Waals surface area contributed by atoms with E-state index in [2.05, 4.69) is 11.1 Å². The summed E-state index contributed by atoms with van der Waals surface area (Å²) < 4.78 is 5.49. The fourth-order valence-corrected chi connectivity index (χ4v) is 4.58. The lowest BCUT2D eigenvalue weighted by molar-refractivity contribution is 0.0662. The molecule has 0 spiro atoms. The first-order valence-electron chi connectivity index (χ1n) is 6.61. The van der Waals surface area contributed by atoms with Crippen molar-refractivity contribution >= 4 is 29.1 Å². The minimum absolute atomic E-state index is 0.0115. The largest absolute Gasteiger partial charge is 0.475 e. The molecular weight excluding hydrogens is 294 g/mol. The van der Waals surface area contributed by atoms with Gasteiger partial charge in [-0.3, -0.25) is 0 Å². The number of carboxylic acids is 1. The van der Waals surface area contributed by atoms with Gasteiger partial charge in [0.15, 0.2) is 0 Å². The summed E-state index contributed by atoms with van der Waals surface area (Å²) in [6.45, 7) is 2.00. The molecule has 3 heterocycles. The SMILES string of the molecule is CCCc1nc(-c2cc3c(s2)CCSC3)oc1C(=O)O. The first-order valence-corrected chi connectivity index (χ1v) is 8.59. The molecule has 0 atom stereocenters. The van der Waals surface area contributed by atoms with Crippen LogP contribution in [-0.2, 0) is 18.6 Å². The van der Waals surface area contributed by atoms with Crippen LogP contribution in [0.1, 0.15) is 40.0 Å². The first kappa shape index (κ1) is 13.7. The predicted molar refractivity (Wildman–Crippen MR) is 80.6 cm³/mol. The third-order valence-electron chi connectivity index (χ3n) is 3.22. The van der Waals surface area contributed by atoms with E-state index < -0.39 is 5.97 Å². The molecule has 6 heteroatoms. The van der Waals surface area contributed by atoms with E-state index >= 15 is 0 Å². The highest BCUT2D eigenvalue weighted by molar-refractivity contribution is 7.98. The zero-order chi connectivity index (χ0) is 14.1. The van der Waals surface area contributed by atoms with Crippen molar-refractivity contribution in [1.82, 2.24) is 4.98 Å². The number of aromatic nitrogens is 1. The van der Waals surface area contributed by atoms with Crippen LogP contribution in [-0.4, -0.2) is 21.8 Å². The zero-order valence-electron chi connectivity index (χ0n) is 11.1. The van der Waals surface area contributed by atoms with Gasteiger partial charge in [-0.25, -0.2) is 9.78 Å². The molecule has 1 N–H and O–H groups in total. The number of carboxylic acid groups (broad SMARTS) is 1. The Labute approximate surface area is 125 Å². The maximum absolute atomic E-state index is 11.2. The summed E-state index contributed by atoms with van der Waals surface area (Å²) in [6.07, 6.45) is 2.56. The maximum atomic E-state index is 11.2. The summed E-state index contributed by atoms with van der Waals surface area (Å²) in [7, 11) is 0. The van der Waals surface area contributed by atoms with Gasteiger partial charge in [-0.2, -0.15) is 11.8 Å². The number of nitrogens with zero attached hydrogens (tertiary/aromatic N) is 1. The van der Waals surface area contributed by atoms with Crippen LogP contribution in [0.2, 0.25) is 0 Å². The molecule has 2 aromatic heterocycles. The van der Waals surface area contributed by atoms with Gasteiger partial charge in [0, 0.05) is 10.6 Å². The summed E-state index contributed by atoms with van der Waals surface area (Å²) in [5.74, 6) is 1.59. The number of rotatable bonds is 4. The van der Waals surface area contributed by atoms with Gasteiger partial charge < -0.3 is 9.52 Å². The third-order valence-corrected chi connectivity index (χ3v) is 5.45. The number of fused-ring (bicyclic) bond motifs is 1. The molecule has 106 valence electrons. The van der Waals surface area contributed by atoms with Crippen LogP contribution < -0.4 is 0 Å². The van der Waals surface area contributed by atoms with E-state index in [1.54, 1.807) is 11.3 Å². The molecule has 0 radical (unpaired) electrons. The van der Waals surface area contributed by atoms with Gasteiger partial charge in [-0.05, 0) is 30.2 Å². The van der Waals surface area contributed by atoms with Crippen molar-refractivity contribution < 1.29 is 14.3 Å². The van der Waals surface area contributed by atoms with E-state index in [1.165, 1.54) is 10.4 Å².